The summed E-state index contributed by atoms with van der Waals surface area (Å²) in [6.45, 7) is 0.352. The van der Waals surface area contributed by atoms with Gasteiger partial charge in [-0.05, 0) is 73.5 Å². The minimum absolute atomic E-state index is 0.0472. The Bertz CT molecular complexity index is 753. The van der Waals surface area contributed by atoms with Crippen molar-refractivity contribution in [1.29, 1.82) is 0 Å². The van der Waals surface area contributed by atoms with Crippen molar-refractivity contribution < 1.29 is 23.8 Å². The third-order valence-corrected chi connectivity index (χ3v) is 7.33. The van der Waals surface area contributed by atoms with E-state index in [0.717, 1.165) is 37.9 Å². The first kappa shape index (κ1) is 17.1. The number of hydrogen-bond donors (Lipinski definition) is 0. The summed E-state index contributed by atoms with van der Waals surface area (Å²) < 4.78 is 16.0. The van der Waals surface area contributed by atoms with E-state index < -0.39 is 17.5 Å². The second-order valence-corrected chi connectivity index (χ2v) is 9.10. The number of cyclic esters (lactones) is 1. The molecule has 5 fully saturated rings. The number of carbonyl (C=O) groups excluding carboxylic acids is 2. The lowest BCUT2D eigenvalue weighted by Gasteiger charge is -2.61. The average Bonchev–Trinajstić information content (AvgIpc) is 3.05. The van der Waals surface area contributed by atoms with Crippen LogP contribution in [0.25, 0.3) is 0 Å². The van der Waals surface area contributed by atoms with Gasteiger partial charge in [0, 0.05) is 6.42 Å². The summed E-state index contributed by atoms with van der Waals surface area (Å²) in [6, 6.07) is 8.37. The zero-order valence-electron chi connectivity index (χ0n) is 15.7. The molecule has 1 heterocycles. The number of esters is 2. The maximum absolute atomic E-state index is 13.2. The van der Waals surface area contributed by atoms with Gasteiger partial charge in [-0.3, -0.25) is 4.79 Å². The molecule has 0 amide bonds. The number of hydrogen-bond acceptors (Lipinski definition) is 5. The van der Waals surface area contributed by atoms with Crippen LogP contribution in [0.15, 0.2) is 24.3 Å². The number of carbonyl (C=O) groups is 2. The van der Waals surface area contributed by atoms with Crippen LogP contribution in [0.2, 0.25) is 0 Å². The van der Waals surface area contributed by atoms with Crippen molar-refractivity contribution in [1.82, 2.24) is 0 Å². The van der Waals surface area contributed by atoms with E-state index in [-0.39, 0.29) is 11.4 Å². The van der Waals surface area contributed by atoms with Gasteiger partial charge in [0.25, 0.3) is 0 Å². The van der Waals surface area contributed by atoms with Crippen LogP contribution < -0.4 is 4.74 Å². The van der Waals surface area contributed by atoms with Crippen molar-refractivity contribution in [2.75, 3.05) is 13.7 Å². The Morgan fingerprint density at radius 2 is 1.81 bits per heavy atom. The average molecular weight is 370 g/mol. The van der Waals surface area contributed by atoms with Crippen molar-refractivity contribution in [2.45, 2.75) is 56.5 Å². The Morgan fingerprint density at radius 3 is 2.41 bits per heavy atom. The van der Waals surface area contributed by atoms with E-state index in [1.807, 2.05) is 12.1 Å². The van der Waals surface area contributed by atoms with Crippen molar-refractivity contribution >= 4 is 11.9 Å². The molecule has 0 radical (unpaired) electrons. The monoisotopic (exact) mass is 370 g/mol. The minimum Gasteiger partial charge on any atom is -0.497 e. The van der Waals surface area contributed by atoms with Gasteiger partial charge < -0.3 is 14.2 Å². The summed E-state index contributed by atoms with van der Waals surface area (Å²) in [5.41, 5.74) is 0.924. The highest BCUT2D eigenvalue weighted by molar-refractivity contribution is 5.83. The zero-order valence-corrected chi connectivity index (χ0v) is 15.7. The molecule has 1 aromatic carbocycles. The first-order valence-corrected chi connectivity index (χ1v) is 10.0. The van der Waals surface area contributed by atoms with Gasteiger partial charge in [-0.2, -0.15) is 0 Å². The summed E-state index contributed by atoms with van der Waals surface area (Å²) in [4.78, 5) is 25.0. The van der Waals surface area contributed by atoms with E-state index in [1.165, 1.54) is 12.0 Å². The largest absolute Gasteiger partial charge is 0.497 e. The Kier molecular flexibility index (Phi) is 3.78. The summed E-state index contributed by atoms with van der Waals surface area (Å²) in [7, 11) is 1.68. The molecule has 1 aromatic rings. The van der Waals surface area contributed by atoms with Gasteiger partial charge in [-0.1, -0.05) is 12.1 Å². The van der Waals surface area contributed by atoms with Crippen LogP contribution in [0.3, 0.4) is 0 Å². The molecule has 0 N–H and O–H groups in total. The predicted octanol–water partition coefficient (Wildman–Crippen LogP) is 3.39. The zero-order chi connectivity index (χ0) is 18.6. The molecule has 4 aliphatic carbocycles. The summed E-state index contributed by atoms with van der Waals surface area (Å²) in [5.74, 6) is 1.43. The molecule has 5 nitrogen and oxygen atoms in total. The SMILES string of the molecule is COc1ccc(C23C[C@H]4C[C@@H](CC(C(=O)O[C@@H]5CCOC5=O)(C4)C2)C3)cc1. The standard InChI is InChI=1S/C22H26O5/c1-25-17-4-2-16(3-5-17)21-9-14-8-15(10-21)12-22(11-14,13-21)20(24)27-18-6-7-26-19(18)23/h2-5,14-15,18H,6-13H2,1H3/t14-,15-,18-,21?,22?/m1/s1. The Labute approximate surface area is 159 Å². The lowest BCUT2D eigenvalue weighted by atomic mass is 9.43. The molecule has 0 unspecified atom stereocenters. The van der Waals surface area contributed by atoms with Crippen LogP contribution in [0.5, 0.6) is 5.75 Å². The lowest BCUT2D eigenvalue weighted by molar-refractivity contribution is -0.182. The highest BCUT2D eigenvalue weighted by atomic mass is 16.6. The lowest BCUT2D eigenvalue weighted by Crippen LogP contribution is -2.57. The highest BCUT2D eigenvalue weighted by Gasteiger charge is 2.62. The van der Waals surface area contributed by atoms with E-state index in [0.29, 0.717) is 24.9 Å². The molecule has 5 heteroatoms. The fourth-order valence-corrected chi connectivity index (χ4v) is 6.62. The molecule has 5 aliphatic rings. The number of methoxy groups -OCH3 is 1. The minimum atomic E-state index is -0.706. The smallest absolute Gasteiger partial charge is 0.347 e. The molecule has 27 heavy (non-hydrogen) atoms. The van der Waals surface area contributed by atoms with Crippen molar-refractivity contribution in [3.05, 3.63) is 29.8 Å². The third-order valence-electron chi connectivity index (χ3n) is 7.33. The Hall–Kier alpha value is -2.04. The molecular formula is C22H26O5. The molecular weight excluding hydrogens is 344 g/mol. The van der Waals surface area contributed by atoms with E-state index in [2.05, 4.69) is 12.1 Å². The van der Waals surface area contributed by atoms with E-state index >= 15 is 0 Å². The number of ether oxygens (including phenoxy) is 3. The van der Waals surface area contributed by atoms with E-state index in [9.17, 15) is 9.59 Å². The molecule has 3 atom stereocenters. The number of benzene rings is 1. The van der Waals surface area contributed by atoms with Gasteiger partial charge in [0.1, 0.15) is 5.75 Å². The van der Waals surface area contributed by atoms with Crippen LogP contribution in [-0.2, 0) is 24.5 Å². The Balaban J connectivity index is 1.44. The summed E-state index contributed by atoms with van der Waals surface area (Å²) in [5, 5.41) is 0. The van der Waals surface area contributed by atoms with Crippen molar-refractivity contribution in [2.24, 2.45) is 17.3 Å². The fraction of sp³-hybridized carbons (Fsp3) is 0.636. The van der Waals surface area contributed by atoms with Crippen LogP contribution >= 0.6 is 0 Å². The molecule has 144 valence electrons. The normalized spacial score (nSPS) is 39.3. The summed E-state index contributed by atoms with van der Waals surface area (Å²) >= 11 is 0. The van der Waals surface area contributed by atoms with E-state index in [1.54, 1.807) is 7.11 Å². The van der Waals surface area contributed by atoms with Crippen molar-refractivity contribution in [3.8, 4) is 5.75 Å². The second kappa shape index (κ2) is 5.98. The quantitative estimate of drug-likeness (QED) is 0.760. The van der Waals surface area contributed by atoms with Crippen LogP contribution in [0.4, 0.5) is 0 Å². The Morgan fingerprint density at radius 1 is 1.11 bits per heavy atom. The fourth-order valence-electron chi connectivity index (χ4n) is 6.62. The molecule has 0 spiro atoms. The van der Waals surface area contributed by atoms with Gasteiger partial charge in [0.2, 0.25) is 6.10 Å². The van der Waals surface area contributed by atoms with Gasteiger partial charge in [0.15, 0.2) is 0 Å². The first-order chi connectivity index (χ1) is 13.0. The highest BCUT2D eigenvalue weighted by Crippen LogP contribution is 2.66. The van der Waals surface area contributed by atoms with Crippen LogP contribution in [0.1, 0.15) is 50.5 Å². The summed E-state index contributed by atoms with van der Waals surface area (Å²) in [6.07, 6.45) is 5.94. The molecule has 6 rings (SSSR count). The second-order valence-electron chi connectivity index (χ2n) is 9.10. The maximum Gasteiger partial charge on any atom is 0.347 e. The molecule has 1 saturated heterocycles. The van der Waals surface area contributed by atoms with Crippen LogP contribution in [-0.4, -0.2) is 31.8 Å². The predicted molar refractivity (Wildman–Crippen MR) is 97.2 cm³/mol. The van der Waals surface area contributed by atoms with Gasteiger partial charge in [0.05, 0.1) is 19.1 Å². The van der Waals surface area contributed by atoms with Gasteiger partial charge in [-0.15, -0.1) is 0 Å². The van der Waals surface area contributed by atoms with Gasteiger partial charge in [-0.25, -0.2) is 4.79 Å². The maximum atomic E-state index is 13.2. The molecule has 0 aromatic heterocycles. The van der Waals surface area contributed by atoms with Crippen LogP contribution in [0, 0.1) is 17.3 Å². The topological polar surface area (TPSA) is 61.8 Å². The number of rotatable bonds is 4. The van der Waals surface area contributed by atoms with Gasteiger partial charge >= 0.3 is 11.9 Å². The molecule has 4 saturated carbocycles. The first-order valence-electron chi connectivity index (χ1n) is 10.0. The van der Waals surface area contributed by atoms with Crippen molar-refractivity contribution in [3.63, 3.8) is 0 Å². The molecule has 1 aliphatic heterocycles. The molecule has 4 bridgehead atoms. The van der Waals surface area contributed by atoms with E-state index in [4.69, 9.17) is 14.2 Å². The third kappa shape index (κ3) is 2.66.